The lowest BCUT2D eigenvalue weighted by Crippen LogP contribution is -2.38. The van der Waals surface area contributed by atoms with Crippen LogP contribution >= 0.6 is 0 Å². The zero-order valence-electron chi connectivity index (χ0n) is 16.9. The Morgan fingerprint density at radius 3 is 2.36 bits per heavy atom. The maximum atomic E-state index is 9.62. The molecule has 28 heavy (non-hydrogen) atoms. The smallest absolute Gasteiger partial charge is 0.191 e. The van der Waals surface area contributed by atoms with Crippen LogP contribution in [-0.2, 0) is 13.1 Å². The van der Waals surface area contributed by atoms with Crippen molar-refractivity contribution in [3.05, 3.63) is 71.3 Å². The Balaban J connectivity index is 1.47. The fourth-order valence-electron chi connectivity index (χ4n) is 3.51. The molecular weight excluding hydrogens is 348 g/mol. The quantitative estimate of drug-likeness (QED) is 0.532. The van der Waals surface area contributed by atoms with Crippen molar-refractivity contribution < 1.29 is 5.11 Å². The molecule has 0 saturated carbocycles. The second-order valence-electron chi connectivity index (χ2n) is 7.53. The summed E-state index contributed by atoms with van der Waals surface area (Å²) in [6, 6.07) is 19.3. The Morgan fingerprint density at radius 1 is 1.07 bits per heavy atom. The molecule has 1 heterocycles. The predicted octanol–water partition coefficient (Wildman–Crippen LogP) is 3.07. The minimum absolute atomic E-state index is 0.114. The maximum absolute atomic E-state index is 9.62. The Kier molecular flexibility index (Phi) is 7.46. The summed E-state index contributed by atoms with van der Waals surface area (Å²) >= 11 is 0. The number of guanidine groups is 1. The van der Waals surface area contributed by atoms with Gasteiger partial charge in [0, 0.05) is 33.2 Å². The number of likely N-dealkylation sites (tertiary alicyclic amines) is 1. The van der Waals surface area contributed by atoms with Crippen molar-refractivity contribution in [1.82, 2.24) is 15.5 Å². The molecule has 0 amide bonds. The van der Waals surface area contributed by atoms with E-state index in [9.17, 15) is 5.11 Å². The molecule has 2 aromatic rings. The van der Waals surface area contributed by atoms with E-state index < -0.39 is 0 Å². The fourth-order valence-corrected chi connectivity index (χ4v) is 3.51. The minimum Gasteiger partial charge on any atom is -0.393 e. The monoisotopic (exact) mass is 380 g/mol. The first-order valence-electron chi connectivity index (χ1n) is 10.1. The van der Waals surface area contributed by atoms with Crippen molar-refractivity contribution in [1.29, 1.82) is 0 Å². The summed E-state index contributed by atoms with van der Waals surface area (Å²) in [7, 11) is 1.80. The molecule has 3 rings (SSSR count). The third-order valence-electron chi connectivity index (χ3n) is 5.32. The van der Waals surface area contributed by atoms with E-state index in [2.05, 4.69) is 76.0 Å². The summed E-state index contributed by atoms with van der Waals surface area (Å²) in [6.45, 7) is 5.78. The largest absolute Gasteiger partial charge is 0.393 e. The molecule has 0 spiro atoms. The summed E-state index contributed by atoms with van der Waals surface area (Å²) in [4.78, 5) is 6.75. The SMILES string of the molecule is CN=C(NCc1ccc(CN2CCC(O)CC2)cc1)NC(C)c1ccccc1. The molecule has 5 nitrogen and oxygen atoms in total. The molecule has 150 valence electrons. The Morgan fingerprint density at radius 2 is 1.71 bits per heavy atom. The first kappa shape index (κ1) is 20.4. The summed E-state index contributed by atoms with van der Waals surface area (Å²) in [5.41, 5.74) is 3.79. The molecule has 1 saturated heterocycles. The molecule has 1 atom stereocenters. The van der Waals surface area contributed by atoms with E-state index >= 15 is 0 Å². The third-order valence-corrected chi connectivity index (χ3v) is 5.32. The highest BCUT2D eigenvalue weighted by Crippen LogP contribution is 2.14. The number of benzene rings is 2. The summed E-state index contributed by atoms with van der Waals surface area (Å²) in [5.74, 6) is 0.798. The van der Waals surface area contributed by atoms with Gasteiger partial charge in [-0.1, -0.05) is 54.6 Å². The lowest BCUT2D eigenvalue weighted by Gasteiger charge is -2.29. The van der Waals surface area contributed by atoms with Crippen molar-refractivity contribution in [2.45, 2.75) is 45.0 Å². The second kappa shape index (κ2) is 10.2. The standard InChI is InChI=1S/C23H32N4O/c1-18(21-6-4-3-5-7-21)26-23(24-2)25-16-19-8-10-20(11-9-19)17-27-14-12-22(28)13-15-27/h3-11,18,22,28H,12-17H2,1-2H3,(H2,24,25,26). The van der Waals surface area contributed by atoms with Gasteiger partial charge in [0.2, 0.25) is 0 Å². The van der Waals surface area contributed by atoms with E-state index in [1.807, 2.05) is 6.07 Å². The van der Waals surface area contributed by atoms with Crippen LogP contribution in [0.2, 0.25) is 0 Å². The normalized spacial score (nSPS) is 17.3. The van der Waals surface area contributed by atoms with Crippen LogP contribution in [-0.4, -0.2) is 42.2 Å². The predicted molar refractivity (Wildman–Crippen MR) is 115 cm³/mol. The van der Waals surface area contributed by atoms with E-state index in [1.165, 1.54) is 16.7 Å². The van der Waals surface area contributed by atoms with Gasteiger partial charge in [-0.15, -0.1) is 0 Å². The van der Waals surface area contributed by atoms with Crippen molar-refractivity contribution in [2.75, 3.05) is 20.1 Å². The first-order valence-corrected chi connectivity index (χ1v) is 10.1. The van der Waals surface area contributed by atoms with Crippen molar-refractivity contribution in [3.63, 3.8) is 0 Å². The number of aliphatic hydroxyl groups is 1. The van der Waals surface area contributed by atoms with Crippen LogP contribution < -0.4 is 10.6 Å². The van der Waals surface area contributed by atoms with E-state index in [-0.39, 0.29) is 12.1 Å². The number of nitrogens with zero attached hydrogens (tertiary/aromatic N) is 2. The maximum Gasteiger partial charge on any atom is 0.191 e. The number of piperidine rings is 1. The third kappa shape index (κ3) is 6.08. The Bertz CT molecular complexity index is 737. The molecular formula is C23H32N4O. The van der Waals surface area contributed by atoms with Gasteiger partial charge in [-0.25, -0.2) is 0 Å². The van der Waals surface area contributed by atoms with Gasteiger partial charge in [0.1, 0.15) is 0 Å². The van der Waals surface area contributed by atoms with Crippen LogP contribution in [0.5, 0.6) is 0 Å². The van der Waals surface area contributed by atoms with Gasteiger partial charge in [0.25, 0.3) is 0 Å². The fraction of sp³-hybridized carbons (Fsp3) is 0.435. The molecule has 1 aliphatic heterocycles. The molecule has 1 unspecified atom stereocenters. The van der Waals surface area contributed by atoms with Crippen molar-refractivity contribution >= 4 is 5.96 Å². The number of hydrogen-bond donors (Lipinski definition) is 3. The van der Waals surface area contributed by atoms with Gasteiger partial charge < -0.3 is 15.7 Å². The number of aliphatic hydroxyl groups excluding tert-OH is 1. The first-order chi connectivity index (χ1) is 13.6. The second-order valence-corrected chi connectivity index (χ2v) is 7.53. The minimum atomic E-state index is -0.114. The molecule has 3 N–H and O–H groups in total. The molecule has 0 aromatic heterocycles. The molecule has 5 heteroatoms. The zero-order valence-corrected chi connectivity index (χ0v) is 16.9. The number of nitrogens with one attached hydrogen (secondary N) is 2. The van der Waals surface area contributed by atoms with Crippen molar-refractivity contribution in [3.8, 4) is 0 Å². The van der Waals surface area contributed by atoms with Crippen LogP contribution in [0.4, 0.5) is 0 Å². The van der Waals surface area contributed by atoms with Crippen molar-refractivity contribution in [2.24, 2.45) is 4.99 Å². The van der Waals surface area contributed by atoms with Gasteiger partial charge in [-0.3, -0.25) is 9.89 Å². The topological polar surface area (TPSA) is 59.9 Å². The summed E-state index contributed by atoms with van der Waals surface area (Å²) in [5, 5.41) is 16.5. The summed E-state index contributed by atoms with van der Waals surface area (Å²) < 4.78 is 0. The molecule has 2 aromatic carbocycles. The number of hydrogen-bond acceptors (Lipinski definition) is 3. The molecule has 0 bridgehead atoms. The molecule has 0 aliphatic carbocycles. The number of rotatable bonds is 6. The molecule has 0 radical (unpaired) electrons. The van der Waals surface area contributed by atoms with Crippen LogP contribution in [0, 0.1) is 0 Å². The highest BCUT2D eigenvalue weighted by atomic mass is 16.3. The van der Waals surface area contributed by atoms with Gasteiger partial charge >= 0.3 is 0 Å². The summed E-state index contributed by atoms with van der Waals surface area (Å²) in [6.07, 6.45) is 1.66. The van der Waals surface area contributed by atoms with E-state index in [0.29, 0.717) is 0 Å². The highest BCUT2D eigenvalue weighted by Gasteiger charge is 2.16. The number of aliphatic imine (C=N–C) groups is 1. The van der Waals surface area contributed by atoms with Crippen LogP contribution in [0.1, 0.15) is 42.5 Å². The van der Waals surface area contributed by atoms with Crippen LogP contribution in [0.3, 0.4) is 0 Å². The molecule has 1 aliphatic rings. The Labute approximate surface area is 168 Å². The van der Waals surface area contributed by atoms with Crippen LogP contribution in [0.25, 0.3) is 0 Å². The molecule has 1 fully saturated rings. The van der Waals surface area contributed by atoms with Gasteiger partial charge in [-0.05, 0) is 36.5 Å². The average molecular weight is 381 g/mol. The average Bonchev–Trinajstić information content (AvgIpc) is 2.74. The van der Waals surface area contributed by atoms with E-state index in [1.54, 1.807) is 7.05 Å². The lowest BCUT2D eigenvalue weighted by molar-refractivity contribution is 0.0792. The zero-order chi connectivity index (χ0) is 19.8. The van der Waals surface area contributed by atoms with Gasteiger partial charge in [-0.2, -0.15) is 0 Å². The van der Waals surface area contributed by atoms with Crippen LogP contribution in [0.15, 0.2) is 59.6 Å². The van der Waals surface area contributed by atoms with Gasteiger partial charge in [0.15, 0.2) is 5.96 Å². The Hall–Kier alpha value is -2.37. The lowest BCUT2D eigenvalue weighted by atomic mass is 10.1. The van der Waals surface area contributed by atoms with Gasteiger partial charge in [0.05, 0.1) is 12.1 Å². The highest BCUT2D eigenvalue weighted by molar-refractivity contribution is 5.80. The van der Waals surface area contributed by atoms with E-state index in [4.69, 9.17) is 0 Å². The van der Waals surface area contributed by atoms with E-state index in [0.717, 1.165) is 45.0 Å².